The zero-order valence-corrected chi connectivity index (χ0v) is 17.7. The van der Waals surface area contributed by atoms with Crippen LogP contribution in [-0.4, -0.2) is 45.8 Å². The number of nitrogens with zero attached hydrogens (tertiary/aromatic N) is 4. The fourth-order valence-corrected chi connectivity index (χ4v) is 4.42. The number of pyridine rings is 1. The molecule has 1 atom stereocenters. The number of nitrogens with one attached hydrogen (secondary N) is 3. The predicted octanol–water partition coefficient (Wildman–Crippen LogP) is 2.84. The van der Waals surface area contributed by atoms with Crippen LogP contribution in [-0.2, 0) is 6.54 Å². The van der Waals surface area contributed by atoms with Crippen molar-refractivity contribution in [1.29, 1.82) is 0 Å². The topological polar surface area (TPSA) is 89.2 Å². The Morgan fingerprint density at radius 3 is 2.66 bits per heavy atom. The van der Waals surface area contributed by atoms with Crippen LogP contribution in [0.3, 0.4) is 0 Å². The van der Waals surface area contributed by atoms with Gasteiger partial charge in [0.1, 0.15) is 5.82 Å². The number of aromatic amines is 1. The van der Waals surface area contributed by atoms with E-state index in [-0.39, 0.29) is 17.7 Å². The third-order valence-corrected chi connectivity index (χ3v) is 6.15. The second-order valence-electron chi connectivity index (χ2n) is 8.29. The van der Waals surface area contributed by atoms with Gasteiger partial charge in [-0.05, 0) is 48.6 Å². The summed E-state index contributed by atoms with van der Waals surface area (Å²) in [7, 11) is 0. The molecular weight excluding hydrogens is 409 g/mol. The Labute approximate surface area is 185 Å². The molecule has 3 N–H and O–H groups in total. The highest BCUT2D eigenvalue weighted by molar-refractivity contribution is 5.72. The Balaban J connectivity index is 1.23. The lowest BCUT2D eigenvalue weighted by Gasteiger charge is -2.40. The van der Waals surface area contributed by atoms with Gasteiger partial charge in [-0.2, -0.15) is 0 Å². The first kappa shape index (κ1) is 20.4. The normalized spacial score (nSPS) is 18.9. The highest BCUT2D eigenvalue weighted by Gasteiger charge is 2.35. The minimum absolute atomic E-state index is 0.00556. The molecule has 2 aromatic heterocycles. The fourth-order valence-electron chi connectivity index (χ4n) is 4.42. The number of halogens is 1. The molecule has 1 unspecified atom stereocenters. The van der Waals surface area contributed by atoms with Gasteiger partial charge in [-0.3, -0.25) is 14.7 Å². The number of likely N-dealkylation sites (tertiary alicyclic amines) is 1. The first-order valence-electron chi connectivity index (χ1n) is 10.9. The van der Waals surface area contributed by atoms with E-state index in [0.29, 0.717) is 18.4 Å². The van der Waals surface area contributed by atoms with E-state index in [4.69, 9.17) is 0 Å². The zero-order valence-electron chi connectivity index (χ0n) is 17.7. The van der Waals surface area contributed by atoms with E-state index in [0.717, 1.165) is 49.5 Å². The molecule has 0 spiro atoms. The number of fused-ring (bicyclic) bond motifs is 1. The van der Waals surface area contributed by atoms with E-state index < -0.39 is 0 Å². The molecule has 166 valence electrons. The summed E-state index contributed by atoms with van der Waals surface area (Å²) >= 11 is 0. The molecule has 2 aliphatic heterocycles. The highest BCUT2D eigenvalue weighted by Crippen LogP contribution is 2.36. The fraction of sp³-hybridized carbons (Fsp3) is 0.348. The molecule has 0 saturated carbocycles. The maximum Gasteiger partial charge on any atom is 0.252 e. The molecule has 3 aromatic rings. The average molecular weight is 436 g/mol. The minimum atomic E-state index is -0.225. The number of rotatable bonds is 6. The number of benzene rings is 1. The minimum Gasteiger partial charge on any atom is -0.355 e. The predicted molar refractivity (Wildman–Crippen MR) is 122 cm³/mol. The molecule has 2 aliphatic rings. The van der Waals surface area contributed by atoms with E-state index in [2.05, 4.69) is 41.5 Å². The Morgan fingerprint density at radius 1 is 1.06 bits per heavy atom. The summed E-state index contributed by atoms with van der Waals surface area (Å²) < 4.78 is 13.4. The third kappa shape index (κ3) is 4.43. The summed E-state index contributed by atoms with van der Waals surface area (Å²) in [5.74, 6) is 1.67. The van der Waals surface area contributed by atoms with Crippen LogP contribution in [0, 0.1) is 11.7 Å². The molecule has 1 fully saturated rings. The standard InChI is InChI=1S/C23H26FN7O/c24-18-5-3-17(4-6-18)15-31-19-2-1-10-25-21(19)29-23(31)30-12-8-16(9-13-30)14-27-22-26-11-7-20(32)28-22/h1-7,10-11,16,23H,8-9,12-15H2,(H,25,29)(H2,26,27,28,32). The summed E-state index contributed by atoms with van der Waals surface area (Å²) in [5.41, 5.74) is 1.96. The van der Waals surface area contributed by atoms with Crippen molar-refractivity contribution in [1.82, 2.24) is 19.9 Å². The van der Waals surface area contributed by atoms with Crippen molar-refractivity contribution in [2.24, 2.45) is 5.92 Å². The smallest absolute Gasteiger partial charge is 0.252 e. The molecule has 4 heterocycles. The van der Waals surface area contributed by atoms with Crippen LogP contribution in [0.25, 0.3) is 0 Å². The van der Waals surface area contributed by atoms with E-state index in [9.17, 15) is 9.18 Å². The lowest BCUT2D eigenvalue weighted by Crippen LogP contribution is -2.52. The molecule has 1 saturated heterocycles. The zero-order chi connectivity index (χ0) is 21.9. The molecule has 0 radical (unpaired) electrons. The second kappa shape index (κ2) is 8.96. The molecule has 8 nitrogen and oxygen atoms in total. The molecule has 1 aromatic carbocycles. The highest BCUT2D eigenvalue weighted by atomic mass is 19.1. The van der Waals surface area contributed by atoms with E-state index in [1.807, 2.05) is 18.2 Å². The number of anilines is 3. The number of hydrogen-bond acceptors (Lipinski definition) is 7. The third-order valence-electron chi connectivity index (χ3n) is 6.15. The quantitative estimate of drug-likeness (QED) is 0.549. The molecule has 0 amide bonds. The van der Waals surface area contributed by atoms with Gasteiger partial charge in [0.05, 0.1) is 5.69 Å². The first-order valence-corrected chi connectivity index (χ1v) is 10.9. The van der Waals surface area contributed by atoms with E-state index in [1.165, 1.54) is 24.4 Å². The molecule has 0 bridgehead atoms. The van der Waals surface area contributed by atoms with Crippen molar-refractivity contribution in [3.05, 3.63) is 76.6 Å². The van der Waals surface area contributed by atoms with Crippen LogP contribution < -0.4 is 21.1 Å². The van der Waals surface area contributed by atoms with Crippen LogP contribution in [0.4, 0.5) is 21.8 Å². The molecule has 9 heteroatoms. The number of piperidine rings is 1. The van der Waals surface area contributed by atoms with Crippen LogP contribution in [0.1, 0.15) is 18.4 Å². The number of aromatic nitrogens is 3. The SMILES string of the molecule is O=c1ccnc(NCC2CCN(C3Nc4ncccc4N3Cc3ccc(F)cc3)CC2)[nH]1. The van der Waals surface area contributed by atoms with Gasteiger partial charge in [0.2, 0.25) is 5.95 Å². The van der Waals surface area contributed by atoms with Crippen molar-refractivity contribution in [2.75, 3.05) is 35.2 Å². The van der Waals surface area contributed by atoms with Gasteiger partial charge in [0, 0.05) is 44.6 Å². The number of hydrogen-bond donors (Lipinski definition) is 3. The monoisotopic (exact) mass is 435 g/mol. The van der Waals surface area contributed by atoms with Crippen molar-refractivity contribution < 1.29 is 4.39 Å². The van der Waals surface area contributed by atoms with Gasteiger partial charge in [0.25, 0.3) is 5.56 Å². The van der Waals surface area contributed by atoms with Gasteiger partial charge in [-0.15, -0.1) is 0 Å². The maximum absolute atomic E-state index is 13.4. The largest absolute Gasteiger partial charge is 0.355 e. The lowest BCUT2D eigenvalue weighted by molar-refractivity contribution is 0.148. The Bertz CT molecular complexity index is 1110. The van der Waals surface area contributed by atoms with E-state index >= 15 is 0 Å². The van der Waals surface area contributed by atoms with Gasteiger partial charge in [-0.25, -0.2) is 14.4 Å². The van der Waals surface area contributed by atoms with Crippen molar-refractivity contribution >= 4 is 17.5 Å². The molecule has 5 rings (SSSR count). The summed E-state index contributed by atoms with van der Waals surface area (Å²) in [6.07, 6.45) is 5.39. The van der Waals surface area contributed by atoms with Crippen LogP contribution in [0.5, 0.6) is 0 Å². The first-order chi connectivity index (χ1) is 15.7. The van der Waals surface area contributed by atoms with Gasteiger partial charge in [-0.1, -0.05) is 12.1 Å². The van der Waals surface area contributed by atoms with Crippen molar-refractivity contribution in [2.45, 2.75) is 25.7 Å². The molecular formula is C23H26FN7O. The summed E-state index contributed by atoms with van der Waals surface area (Å²) in [4.78, 5) is 27.5. The van der Waals surface area contributed by atoms with Crippen molar-refractivity contribution in [3.8, 4) is 0 Å². The van der Waals surface area contributed by atoms with Crippen LogP contribution in [0.2, 0.25) is 0 Å². The Hall–Kier alpha value is -3.46. The van der Waals surface area contributed by atoms with Crippen LogP contribution in [0.15, 0.2) is 59.7 Å². The van der Waals surface area contributed by atoms with Gasteiger partial charge in [0.15, 0.2) is 12.1 Å². The second-order valence-corrected chi connectivity index (χ2v) is 8.29. The number of H-pyrrole nitrogens is 1. The lowest BCUT2D eigenvalue weighted by atomic mass is 9.97. The van der Waals surface area contributed by atoms with Gasteiger partial charge >= 0.3 is 0 Å². The summed E-state index contributed by atoms with van der Waals surface area (Å²) in [6, 6.07) is 12.1. The Morgan fingerprint density at radius 2 is 1.88 bits per heavy atom. The molecule has 0 aliphatic carbocycles. The summed E-state index contributed by atoms with van der Waals surface area (Å²) in [6.45, 7) is 3.33. The Kier molecular flexibility index (Phi) is 5.72. The van der Waals surface area contributed by atoms with E-state index in [1.54, 1.807) is 6.20 Å². The molecule has 32 heavy (non-hydrogen) atoms. The van der Waals surface area contributed by atoms with Crippen molar-refractivity contribution in [3.63, 3.8) is 0 Å². The van der Waals surface area contributed by atoms with Gasteiger partial charge < -0.3 is 15.5 Å². The van der Waals surface area contributed by atoms with Crippen LogP contribution >= 0.6 is 0 Å². The average Bonchev–Trinajstić information content (AvgIpc) is 3.18. The summed E-state index contributed by atoms with van der Waals surface area (Å²) in [5, 5.41) is 6.81. The maximum atomic E-state index is 13.4.